The minimum atomic E-state index is -0.883. The number of ether oxygens (including phenoxy) is 2. The van der Waals surface area contributed by atoms with Gasteiger partial charge in [-0.2, -0.15) is 0 Å². The van der Waals surface area contributed by atoms with Crippen LogP contribution in [0.1, 0.15) is 15.9 Å². The number of rotatable bonds is 6. The predicted octanol–water partition coefficient (Wildman–Crippen LogP) is 3.41. The molecule has 0 unspecified atom stereocenters. The van der Waals surface area contributed by atoms with Crippen LogP contribution in [0.3, 0.4) is 0 Å². The first-order chi connectivity index (χ1) is 10.1. The van der Waals surface area contributed by atoms with E-state index in [2.05, 4.69) is 0 Å². The van der Waals surface area contributed by atoms with E-state index in [4.69, 9.17) is 9.47 Å². The number of carbonyl (C=O) groups is 1. The average Bonchev–Trinajstić information content (AvgIpc) is 2.50. The van der Waals surface area contributed by atoms with Crippen LogP contribution in [0.2, 0.25) is 0 Å². The van der Waals surface area contributed by atoms with Gasteiger partial charge in [0, 0.05) is 12.0 Å². The van der Waals surface area contributed by atoms with Gasteiger partial charge in [-0.25, -0.2) is 8.78 Å². The number of aldehydes is 1. The molecule has 2 aromatic carbocycles. The van der Waals surface area contributed by atoms with Gasteiger partial charge in [-0.3, -0.25) is 4.79 Å². The van der Waals surface area contributed by atoms with Gasteiger partial charge in [0.05, 0.1) is 13.7 Å². The summed E-state index contributed by atoms with van der Waals surface area (Å²) in [5.41, 5.74) is 0.897. The third kappa shape index (κ3) is 3.78. The van der Waals surface area contributed by atoms with Crippen LogP contribution < -0.4 is 9.47 Å². The first-order valence-electron chi connectivity index (χ1n) is 6.34. The molecular weight excluding hydrogens is 278 g/mol. The van der Waals surface area contributed by atoms with Crippen molar-refractivity contribution in [1.82, 2.24) is 0 Å². The van der Waals surface area contributed by atoms with Crippen molar-refractivity contribution in [2.45, 2.75) is 6.42 Å². The second-order valence-electron chi connectivity index (χ2n) is 4.38. The van der Waals surface area contributed by atoms with E-state index in [1.54, 1.807) is 19.2 Å². The third-order valence-corrected chi connectivity index (χ3v) is 2.95. The van der Waals surface area contributed by atoms with Gasteiger partial charge in [-0.05, 0) is 29.8 Å². The molecule has 5 heteroatoms. The maximum Gasteiger partial charge on any atom is 0.190 e. The van der Waals surface area contributed by atoms with Crippen LogP contribution in [-0.2, 0) is 6.42 Å². The largest absolute Gasteiger partial charge is 0.497 e. The fraction of sp³-hybridized carbons (Fsp3) is 0.188. The summed E-state index contributed by atoms with van der Waals surface area (Å²) in [6.45, 7) is 0.126. The number of halogens is 2. The van der Waals surface area contributed by atoms with E-state index >= 15 is 0 Å². The van der Waals surface area contributed by atoms with E-state index in [0.717, 1.165) is 23.4 Å². The molecule has 0 fully saturated rings. The first-order valence-corrected chi connectivity index (χ1v) is 6.34. The van der Waals surface area contributed by atoms with Gasteiger partial charge < -0.3 is 9.47 Å². The van der Waals surface area contributed by atoms with Crippen molar-refractivity contribution in [3.63, 3.8) is 0 Å². The van der Waals surface area contributed by atoms with E-state index in [0.29, 0.717) is 12.7 Å². The molecule has 0 saturated carbocycles. The smallest absolute Gasteiger partial charge is 0.190 e. The van der Waals surface area contributed by atoms with Gasteiger partial charge in [0.25, 0.3) is 0 Å². The maximum absolute atomic E-state index is 13.6. The van der Waals surface area contributed by atoms with Crippen molar-refractivity contribution in [1.29, 1.82) is 0 Å². The molecule has 0 bridgehead atoms. The lowest BCUT2D eigenvalue weighted by atomic mass is 10.1. The van der Waals surface area contributed by atoms with E-state index in [-0.39, 0.29) is 12.2 Å². The second kappa shape index (κ2) is 6.83. The molecule has 2 rings (SSSR count). The summed E-state index contributed by atoms with van der Waals surface area (Å²) in [6, 6.07) is 9.19. The highest BCUT2D eigenvalue weighted by molar-refractivity contribution is 5.75. The predicted molar refractivity (Wildman–Crippen MR) is 73.9 cm³/mol. The molecule has 0 aromatic heterocycles. The van der Waals surface area contributed by atoms with Crippen molar-refractivity contribution in [2.24, 2.45) is 0 Å². The number of benzene rings is 2. The molecule has 0 spiro atoms. The molecule has 0 aliphatic heterocycles. The SMILES string of the molecule is COc1ccc(CCOc2c(F)cc(C=O)cc2F)cc1. The molecule has 3 nitrogen and oxygen atoms in total. The Morgan fingerprint density at radius 1 is 1.10 bits per heavy atom. The quantitative estimate of drug-likeness (QED) is 0.765. The monoisotopic (exact) mass is 292 g/mol. The molecule has 0 aliphatic carbocycles. The van der Waals surface area contributed by atoms with Crippen LogP contribution in [0.25, 0.3) is 0 Å². The summed E-state index contributed by atoms with van der Waals surface area (Å²) in [5, 5.41) is 0. The van der Waals surface area contributed by atoms with Crippen LogP contribution in [0.4, 0.5) is 8.78 Å². The fourth-order valence-corrected chi connectivity index (χ4v) is 1.85. The van der Waals surface area contributed by atoms with Gasteiger partial charge in [-0.15, -0.1) is 0 Å². The highest BCUT2D eigenvalue weighted by Crippen LogP contribution is 2.23. The lowest BCUT2D eigenvalue weighted by Crippen LogP contribution is -2.05. The highest BCUT2D eigenvalue weighted by atomic mass is 19.1. The summed E-state index contributed by atoms with van der Waals surface area (Å²) in [7, 11) is 1.58. The highest BCUT2D eigenvalue weighted by Gasteiger charge is 2.12. The normalized spacial score (nSPS) is 10.2. The molecule has 0 aliphatic rings. The van der Waals surface area contributed by atoms with Crippen molar-refractivity contribution >= 4 is 6.29 Å². The van der Waals surface area contributed by atoms with E-state index in [1.807, 2.05) is 12.1 Å². The molecule has 0 amide bonds. The summed E-state index contributed by atoms with van der Waals surface area (Å²) < 4.78 is 37.3. The average molecular weight is 292 g/mol. The summed E-state index contributed by atoms with van der Waals surface area (Å²) >= 11 is 0. The standard InChI is InChI=1S/C16H14F2O3/c1-20-13-4-2-11(3-5-13)6-7-21-16-14(17)8-12(10-19)9-15(16)18/h2-5,8-10H,6-7H2,1H3. The Labute approximate surface area is 121 Å². The Hall–Kier alpha value is -2.43. The zero-order valence-electron chi connectivity index (χ0n) is 11.4. The van der Waals surface area contributed by atoms with Gasteiger partial charge in [0.1, 0.15) is 12.0 Å². The van der Waals surface area contributed by atoms with E-state index < -0.39 is 17.4 Å². The molecular formula is C16H14F2O3. The van der Waals surface area contributed by atoms with Crippen LogP contribution in [0.15, 0.2) is 36.4 Å². The molecule has 2 aromatic rings. The van der Waals surface area contributed by atoms with Gasteiger partial charge in [0.2, 0.25) is 0 Å². The molecule has 21 heavy (non-hydrogen) atoms. The van der Waals surface area contributed by atoms with Crippen LogP contribution in [0.5, 0.6) is 11.5 Å². The Kier molecular flexibility index (Phi) is 4.87. The zero-order valence-corrected chi connectivity index (χ0v) is 11.4. The lowest BCUT2D eigenvalue weighted by Gasteiger charge is -2.09. The number of hydrogen-bond acceptors (Lipinski definition) is 3. The van der Waals surface area contributed by atoms with E-state index in [9.17, 15) is 13.6 Å². The topological polar surface area (TPSA) is 35.5 Å². The van der Waals surface area contributed by atoms with Gasteiger partial charge in [0.15, 0.2) is 17.4 Å². The second-order valence-corrected chi connectivity index (χ2v) is 4.38. The Bertz CT molecular complexity index is 601. The summed E-state index contributed by atoms with van der Waals surface area (Å²) in [4.78, 5) is 10.5. The van der Waals surface area contributed by atoms with Crippen molar-refractivity contribution in [3.05, 3.63) is 59.2 Å². The van der Waals surface area contributed by atoms with Gasteiger partial charge >= 0.3 is 0 Å². The fourth-order valence-electron chi connectivity index (χ4n) is 1.85. The maximum atomic E-state index is 13.6. The zero-order chi connectivity index (χ0) is 15.2. The first kappa shape index (κ1) is 15.0. The lowest BCUT2D eigenvalue weighted by molar-refractivity contribution is 0.112. The van der Waals surface area contributed by atoms with Crippen LogP contribution in [0, 0.1) is 11.6 Å². The molecule has 0 atom stereocenters. The molecule has 0 saturated heterocycles. The minimum absolute atomic E-state index is 0.0625. The van der Waals surface area contributed by atoms with Gasteiger partial charge in [-0.1, -0.05) is 12.1 Å². The molecule has 0 N–H and O–H groups in total. The minimum Gasteiger partial charge on any atom is -0.497 e. The van der Waals surface area contributed by atoms with E-state index in [1.165, 1.54) is 0 Å². The van der Waals surface area contributed by atoms with Crippen molar-refractivity contribution in [3.8, 4) is 11.5 Å². The third-order valence-electron chi connectivity index (χ3n) is 2.95. The summed E-state index contributed by atoms with van der Waals surface area (Å²) in [6.07, 6.45) is 0.881. The molecule has 0 heterocycles. The molecule has 110 valence electrons. The van der Waals surface area contributed by atoms with Crippen molar-refractivity contribution in [2.75, 3.05) is 13.7 Å². The van der Waals surface area contributed by atoms with Crippen LogP contribution in [-0.4, -0.2) is 20.0 Å². The Morgan fingerprint density at radius 2 is 1.71 bits per heavy atom. The van der Waals surface area contributed by atoms with Crippen molar-refractivity contribution < 1.29 is 23.0 Å². The Balaban J connectivity index is 1.98. The Morgan fingerprint density at radius 3 is 2.24 bits per heavy atom. The number of methoxy groups -OCH3 is 1. The number of carbonyl (C=O) groups excluding carboxylic acids is 1. The molecule has 0 radical (unpaired) electrons. The summed E-state index contributed by atoms with van der Waals surface area (Å²) in [5.74, 6) is -1.49. The number of hydrogen-bond donors (Lipinski definition) is 0. The van der Waals surface area contributed by atoms with Crippen LogP contribution >= 0.6 is 0 Å².